The van der Waals surface area contributed by atoms with E-state index >= 15 is 0 Å². The van der Waals surface area contributed by atoms with Gasteiger partial charge in [-0.2, -0.15) is 0 Å². The van der Waals surface area contributed by atoms with Crippen molar-refractivity contribution in [1.82, 2.24) is 0 Å². The monoisotopic (exact) mass is 1760 g/mol. The van der Waals surface area contributed by atoms with Crippen molar-refractivity contribution in [3.63, 3.8) is 0 Å². The van der Waals surface area contributed by atoms with Crippen molar-refractivity contribution in [2.75, 3.05) is 0 Å². The van der Waals surface area contributed by atoms with E-state index in [1.54, 1.807) is 0 Å². The number of benzene rings is 9. The molecule has 9 aromatic rings. The molecule has 0 amide bonds. The summed E-state index contributed by atoms with van der Waals surface area (Å²) in [6, 6.07) is 63.4. The van der Waals surface area contributed by atoms with Crippen molar-refractivity contribution >= 4 is 137 Å². The van der Waals surface area contributed by atoms with Crippen molar-refractivity contribution in [1.29, 1.82) is 0 Å². The van der Waals surface area contributed by atoms with E-state index < -0.39 is 108 Å². The van der Waals surface area contributed by atoms with Crippen LogP contribution >= 0.6 is 0 Å². The molecule has 9 aromatic carbocycles. The van der Waals surface area contributed by atoms with E-state index in [0.29, 0.717) is 16.4 Å². The predicted octanol–water partition coefficient (Wildman–Crippen LogP) is 22.4. The second-order valence-electron chi connectivity index (χ2n) is 37.7. The van der Waals surface area contributed by atoms with Crippen LogP contribution in [0.25, 0.3) is 51.5 Å². The molecule has 0 saturated carbocycles. The fraction of sp³-hybridized carbons (Fsp3) is 0.388. The van der Waals surface area contributed by atoms with Gasteiger partial charge in [-0.25, -0.2) is 0 Å². The van der Waals surface area contributed by atoms with Crippen molar-refractivity contribution in [2.45, 2.75) is 219 Å². The van der Waals surface area contributed by atoms with E-state index in [1.807, 2.05) is 107 Å². The molecule has 104 heavy (non-hydrogen) atoms. The normalized spacial score (nSPS) is 22.3. The molecule has 3 atom stereocenters. The van der Waals surface area contributed by atoms with Gasteiger partial charge < -0.3 is 0 Å². The van der Waals surface area contributed by atoms with Crippen LogP contribution in [0.3, 0.4) is 0 Å². The molecule has 0 radical (unpaired) electrons. The Kier molecular flexibility index (Phi) is 18.8. The van der Waals surface area contributed by atoms with Crippen LogP contribution in [0.4, 0.5) is 0 Å². The number of hydrogen-bond donors (Lipinski definition) is 0. The maximum absolute atomic E-state index is 8.61. The zero-order valence-corrected chi connectivity index (χ0v) is 81.0. The van der Waals surface area contributed by atoms with Crippen LogP contribution in [0.15, 0.2) is 189 Å². The number of aryl methyl sites for hydroxylation is 3. The Morgan fingerprint density at radius 2 is 0.567 bits per heavy atom. The van der Waals surface area contributed by atoms with Gasteiger partial charge in [0.2, 0.25) is 0 Å². The van der Waals surface area contributed by atoms with E-state index in [-0.39, 0.29) is 5.41 Å². The molecule has 0 aromatic heterocycles. The molecule has 6 heterocycles. The molecule has 0 nitrogen and oxygen atoms in total. The van der Waals surface area contributed by atoms with Gasteiger partial charge in [0.15, 0.2) is 0 Å². The van der Waals surface area contributed by atoms with E-state index in [0.717, 1.165) is 114 Å². The van der Waals surface area contributed by atoms with Gasteiger partial charge in [0.05, 0.1) is 0 Å². The van der Waals surface area contributed by atoms with E-state index in [2.05, 4.69) is 246 Å². The number of hydrogen-bond acceptors (Lipinski definition) is 0. The molecule has 15 rings (SSSR count). The molecule has 0 N–H and O–H groups in total. The molecular formula is C98H130Ge6. The average Bonchev–Trinajstić information content (AvgIpc) is 1.55. The summed E-state index contributed by atoms with van der Waals surface area (Å²) in [5.41, 5.74) is 12.7. The van der Waals surface area contributed by atoms with Gasteiger partial charge in [-0.1, -0.05) is 0 Å². The van der Waals surface area contributed by atoms with E-state index in [4.69, 9.17) is 19.2 Å². The molecule has 6 heteroatoms. The Bertz CT molecular complexity index is 5490. The van der Waals surface area contributed by atoms with Gasteiger partial charge in [0.1, 0.15) is 0 Å². The van der Waals surface area contributed by atoms with Crippen LogP contribution in [-0.4, -0.2) is 79.6 Å². The molecule has 0 fully saturated rings. The van der Waals surface area contributed by atoms with Gasteiger partial charge in [-0.15, -0.1) is 0 Å². The van der Waals surface area contributed by atoms with E-state index in [1.165, 1.54) is 59.8 Å². The van der Waals surface area contributed by atoms with E-state index in [9.17, 15) is 0 Å². The second-order valence-corrected chi connectivity index (χ2v) is 87.2. The molecule has 6 aliphatic rings. The molecule has 0 saturated heterocycles. The first-order valence-corrected chi connectivity index (χ1v) is 72.6. The number of rotatable bonds is 4. The summed E-state index contributed by atoms with van der Waals surface area (Å²) < 4.78 is 131. The zero-order chi connectivity index (χ0) is 88.5. The third-order valence-electron chi connectivity index (χ3n) is 22.3. The fourth-order valence-electron chi connectivity index (χ4n) is 15.9. The van der Waals surface area contributed by atoms with Crippen molar-refractivity contribution in [2.24, 2.45) is 21.7 Å². The summed E-state index contributed by atoms with van der Waals surface area (Å²) in [4.78, 5) is 0. The Labute approximate surface area is 669 Å². The fourth-order valence-corrected chi connectivity index (χ4v) is 47.1. The quantitative estimate of drug-likeness (QED) is 0.154. The van der Waals surface area contributed by atoms with Gasteiger partial charge in [-0.05, 0) is 0 Å². The summed E-state index contributed by atoms with van der Waals surface area (Å²) in [5, 5.41) is 0. The summed E-state index contributed by atoms with van der Waals surface area (Å²) in [6.45, 7) is 38.5. The zero-order valence-electron chi connectivity index (χ0n) is 82.4. The van der Waals surface area contributed by atoms with Gasteiger partial charge >= 0.3 is 675 Å². The summed E-state index contributed by atoms with van der Waals surface area (Å²) in [5.74, 6) is 20.4. The predicted molar refractivity (Wildman–Crippen MR) is 484 cm³/mol. The summed E-state index contributed by atoms with van der Waals surface area (Å²) >= 11 is -16.4. The number of fused-ring (bicyclic) bond motifs is 12. The Morgan fingerprint density at radius 1 is 0.269 bits per heavy atom. The van der Waals surface area contributed by atoms with Gasteiger partial charge in [0, 0.05) is 0 Å². The van der Waals surface area contributed by atoms with Crippen LogP contribution in [0.1, 0.15) is 179 Å². The maximum atomic E-state index is 8.61. The first-order chi connectivity index (χ1) is 53.8. The van der Waals surface area contributed by atoms with Crippen molar-refractivity contribution < 1.29 is 19.2 Å². The third-order valence-corrected chi connectivity index (χ3v) is 64.9. The summed E-state index contributed by atoms with van der Waals surface area (Å²) in [6.07, 6.45) is 1.63. The molecular weight excluding hydrogens is 1610 g/mol. The van der Waals surface area contributed by atoms with Gasteiger partial charge in [-0.3, -0.25) is 0 Å². The molecule has 0 spiro atoms. The Hall–Kier alpha value is -4.54. The Balaban J connectivity index is 0.000000151. The topological polar surface area (TPSA) is 0 Å². The minimum absolute atomic E-state index is 0.194. The first kappa shape index (κ1) is 64.3. The van der Waals surface area contributed by atoms with Crippen LogP contribution < -0.4 is 39.6 Å². The summed E-state index contributed by atoms with van der Waals surface area (Å²) in [7, 11) is 0. The van der Waals surface area contributed by atoms with Crippen molar-refractivity contribution in [3.05, 3.63) is 245 Å². The SMILES string of the molecule is [2H]C([2H])(c1ccc2[c](c1)[Ge]([CH3])([C]([2H])([2H])[2H])[c]1cc(C)ccc1-2)C(C)(C)C.[2H]C1=[C](C)[Ge]([CH3])([CH3])[c]2cc(CC(C)(C)C)ccc21.[2H]C1=[C](C)[Ge]([CH3])([CH3])[c]2ccc(CC(C)(C)C)cc21.[2H]C1=[C](C)[Ge]([CH3])([CH3])[c]2ccccc21.[2H][C]([2H])([2H])[Ge]1([CH3])[c]2cc(C)ccc2-c2ccc(CC(C)(C)C)c[c]21.[2H][C]([2H])([2H])[Ge]1([CH3])[c]2ccccc2-c2ccc(C)c[c]21. The van der Waals surface area contributed by atoms with Crippen LogP contribution in [0.5, 0.6) is 0 Å². The molecule has 0 bridgehead atoms. The van der Waals surface area contributed by atoms with Crippen LogP contribution in [-0.2, 0) is 25.6 Å². The standard InChI is InChI=1S/2C20H26Ge.2C16H24Ge.C15H16Ge.C11H14Ge/c2*1-14-7-9-16-17-10-8-15(13-20(2,3)4)12-19(17)21(5,6)18(16)11-14;1-12-9-14-10-13(11-16(2,3)4)7-8-15(14)17(12,5)6;1-12-9-14-8-7-13(11-16(2,3)4)10-15(14)17(12,5)6;1-11-8-9-13-12-6-4-5-7-14(12)16(2,3)15(13)10-11;1-9-8-10-6-4-5-7-11(10)12(9,2)3/h2*7-12H,13H2,1-6H3;2*7-10H,11H2,1-6H3;4-10H,1-3H3;4-8H,1-3H3/i5D3,13D2;5D3;2*9D;2D3;8D. The minimum atomic E-state index is -3.64. The average molecular weight is 1760 g/mol. The number of allylic oxidation sites excluding steroid dienone is 3. The van der Waals surface area contributed by atoms with Crippen LogP contribution in [0.2, 0.25) is 68.9 Å². The first-order valence-electron chi connectivity index (χ1n) is 44.9. The molecule has 0 aliphatic carbocycles. The van der Waals surface area contributed by atoms with Gasteiger partial charge in [0.25, 0.3) is 0 Å². The van der Waals surface area contributed by atoms with Crippen molar-refractivity contribution in [3.8, 4) is 33.4 Å². The molecule has 6 aliphatic heterocycles. The molecule has 3 unspecified atom stereocenters. The Morgan fingerprint density at radius 3 is 0.990 bits per heavy atom. The van der Waals surface area contributed by atoms with Crippen LogP contribution in [0, 0.1) is 42.4 Å². The third kappa shape index (κ3) is 18.0. The molecule has 546 valence electrons. The second kappa shape index (κ2) is 30.4.